The highest BCUT2D eigenvalue weighted by atomic mass is 16.5. The number of nitrogens with one attached hydrogen (secondary N) is 2. The van der Waals surface area contributed by atoms with Crippen LogP contribution in [0.4, 0.5) is 11.6 Å². The normalized spacial score (nSPS) is 10.3. The first-order valence-electron chi connectivity index (χ1n) is 9.27. The molecule has 8 heteroatoms. The van der Waals surface area contributed by atoms with Crippen LogP contribution in [0.2, 0.25) is 0 Å². The van der Waals surface area contributed by atoms with Crippen LogP contribution in [0.3, 0.4) is 0 Å². The van der Waals surface area contributed by atoms with Crippen molar-refractivity contribution in [3.63, 3.8) is 0 Å². The number of ether oxygens (including phenoxy) is 3. The minimum Gasteiger partial charge on any atom is -0.497 e. The van der Waals surface area contributed by atoms with Gasteiger partial charge in [-0.25, -0.2) is 9.97 Å². The number of hydrogen-bond acceptors (Lipinski definition) is 7. The molecule has 3 aromatic rings. The van der Waals surface area contributed by atoms with E-state index in [-0.39, 0.29) is 5.91 Å². The van der Waals surface area contributed by atoms with E-state index >= 15 is 0 Å². The Hall–Kier alpha value is -3.81. The van der Waals surface area contributed by atoms with Gasteiger partial charge in [0, 0.05) is 36.6 Å². The summed E-state index contributed by atoms with van der Waals surface area (Å²) in [5.41, 5.74) is 2.56. The van der Waals surface area contributed by atoms with E-state index in [1.807, 2.05) is 24.3 Å². The summed E-state index contributed by atoms with van der Waals surface area (Å²) in [5.74, 6) is 2.09. The van der Waals surface area contributed by atoms with Crippen LogP contribution in [0.5, 0.6) is 17.2 Å². The largest absolute Gasteiger partial charge is 0.497 e. The Morgan fingerprint density at radius 2 is 1.57 bits per heavy atom. The Kier molecular flexibility index (Phi) is 6.69. The van der Waals surface area contributed by atoms with Crippen LogP contribution < -0.4 is 24.8 Å². The number of benzene rings is 2. The van der Waals surface area contributed by atoms with E-state index in [1.165, 1.54) is 6.20 Å². The molecule has 2 aromatic carbocycles. The van der Waals surface area contributed by atoms with Gasteiger partial charge >= 0.3 is 0 Å². The third-order valence-electron chi connectivity index (χ3n) is 4.44. The maximum absolute atomic E-state index is 12.7. The van der Waals surface area contributed by atoms with E-state index in [4.69, 9.17) is 14.2 Å². The number of carbonyl (C=O) groups is 1. The van der Waals surface area contributed by atoms with Crippen LogP contribution in [-0.4, -0.2) is 37.2 Å². The van der Waals surface area contributed by atoms with Crippen molar-refractivity contribution >= 4 is 17.5 Å². The van der Waals surface area contributed by atoms with Gasteiger partial charge in [0.25, 0.3) is 5.91 Å². The van der Waals surface area contributed by atoms with E-state index in [1.54, 1.807) is 46.5 Å². The molecule has 2 N–H and O–H groups in total. The minimum atomic E-state index is -0.315. The Morgan fingerprint density at radius 1 is 0.933 bits per heavy atom. The van der Waals surface area contributed by atoms with Gasteiger partial charge in [-0.3, -0.25) is 4.79 Å². The van der Waals surface area contributed by atoms with Crippen LogP contribution in [0.25, 0.3) is 0 Å². The highest BCUT2D eigenvalue weighted by molar-refractivity contribution is 6.05. The number of aromatic nitrogens is 2. The number of nitrogens with zero attached hydrogens (tertiary/aromatic N) is 2. The maximum atomic E-state index is 12.7. The van der Waals surface area contributed by atoms with Crippen molar-refractivity contribution in [3.05, 3.63) is 65.5 Å². The zero-order valence-electron chi connectivity index (χ0n) is 17.4. The average molecular weight is 408 g/mol. The second-order valence-corrected chi connectivity index (χ2v) is 6.45. The number of anilines is 2. The molecule has 0 aliphatic heterocycles. The Labute approximate surface area is 175 Å². The van der Waals surface area contributed by atoms with Gasteiger partial charge in [0.1, 0.15) is 17.2 Å². The zero-order chi connectivity index (χ0) is 21.5. The van der Waals surface area contributed by atoms with Gasteiger partial charge in [-0.1, -0.05) is 12.1 Å². The molecule has 156 valence electrons. The molecule has 3 rings (SSSR count). The van der Waals surface area contributed by atoms with Crippen molar-refractivity contribution in [1.82, 2.24) is 9.97 Å². The summed E-state index contributed by atoms with van der Waals surface area (Å²) in [6.07, 6.45) is 1.51. The topological polar surface area (TPSA) is 94.6 Å². The molecular weight excluding hydrogens is 384 g/mol. The molecule has 0 radical (unpaired) electrons. The van der Waals surface area contributed by atoms with Crippen LogP contribution in [0.15, 0.2) is 48.7 Å². The fraction of sp³-hybridized carbons (Fsp3) is 0.227. The molecule has 0 spiro atoms. The van der Waals surface area contributed by atoms with Gasteiger partial charge in [-0.15, -0.1) is 0 Å². The van der Waals surface area contributed by atoms with Gasteiger partial charge in [-0.05, 0) is 24.6 Å². The van der Waals surface area contributed by atoms with Gasteiger partial charge in [0.05, 0.1) is 32.6 Å². The fourth-order valence-electron chi connectivity index (χ4n) is 2.78. The van der Waals surface area contributed by atoms with Gasteiger partial charge in [-0.2, -0.15) is 0 Å². The monoisotopic (exact) mass is 408 g/mol. The molecule has 1 amide bonds. The molecule has 0 saturated carbocycles. The maximum Gasteiger partial charge on any atom is 0.259 e. The predicted molar refractivity (Wildman–Crippen MR) is 115 cm³/mol. The summed E-state index contributed by atoms with van der Waals surface area (Å²) >= 11 is 0. The van der Waals surface area contributed by atoms with Crippen molar-refractivity contribution in [2.45, 2.75) is 13.5 Å². The fourth-order valence-corrected chi connectivity index (χ4v) is 2.78. The smallest absolute Gasteiger partial charge is 0.259 e. The first-order chi connectivity index (χ1) is 14.5. The molecular formula is C22H24N4O4. The first-order valence-corrected chi connectivity index (χ1v) is 9.27. The molecule has 30 heavy (non-hydrogen) atoms. The standard InChI is InChI=1S/C22H24N4O4/c1-14-20(21(27)26-16-9-18(29-3)11-19(10-16)30-4)13-24-22(25-14)23-12-15-5-7-17(28-2)8-6-15/h5-11,13H,12H2,1-4H3,(H,26,27)(H,23,24,25). The highest BCUT2D eigenvalue weighted by Gasteiger charge is 2.13. The quantitative estimate of drug-likeness (QED) is 0.587. The Balaban J connectivity index is 1.67. The third kappa shape index (κ3) is 5.16. The van der Waals surface area contributed by atoms with Crippen LogP contribution in [0.1, 0.15) is 21.6 Å². The number of hydrogen-bond donors (Lipinski definition) is 2. The van der Waals surface area contributed by atoms with Crippen molar-refractivity contribution in [1.29, 1.82) is 0 Å². The van der Waals surface area contributed by atoms with E-state index in [2.05, 4.69) is 20.6 Å². The lowest BCUT2D eigenvalue weighted by atomic mass is 10.2. The van der Waals surface area contributed by atoms with Gasteiger partial charge in [0.15, 0.2) is 0 Å². The number of aryl methyl sites for hydroxylation is 1. The SMILES string of the molecule is COc1ccc(CNc2ncc(C(=O)Nc3cc(OC)cc(OC)c3)c(C)n2)cc1. The molecule has 0 unspecified atom stereocenters. The summed E-state index contributed by atoms with van der Waals surface area (Å²) in [5, 5.41) is 5.98. The van der Waals surface area contributed by atoms with Crippen molar-refractivity contribution in [2.24, 2.45) is 0 Å². The number of rotatable bonds is 8. The van der Waals surface area contributed by atoms with Crippen molar-refractivity contribution < 1.29 is 19.0 Å². The molecule has 0 saturated heterocycles. The van der Waals surface area contributed by atoms with Crippen molar-refractivity contribution in [2.75, 3.05) is 32.0 Å². The highest BCUT2D eigenvalue weighted by Crippen LogP contribution is 2.26. The molecule has 1 heterocycles. The number of methoxy groups -OCH3 is 3. The molecule has 0 bridgehead atoms. The summed E-state index contributed by atoms with van der Waals surface area (Å²) < 4.78 is 15.6. The van der Waals surface area contributed by atoms with Crippen molar-refractivity contribution in [3.8, 4) is 17.2 Å². The summed E-state index contributed by atoms with van der Waals surface area (Å²) in [6.45, 7) is 2.32. The van der Waals surface area contributed by atoms with E-state index in [0.717, 1.165) is 11.3 Å². The molecule has 0 atom stereocenters. The number of amides is 1. The number of carbonyl (C=O) groups excluding carboxylic acids is 1. The molecule has 0 aliphatic rings. The van der Waals surface area contributed by atoms with Crippen LogP contribution >= 0.6 is 0 Å². The lowest BCUT2D eigenvalue weighted by Crippen LogP contribution is -2.16. The third-order valence-corrected chi connectivity index (χ3v) is 4.44. The van der Waals surface area contributed by atoms with E-state index in [0.29, 0.717) is 40.9 Å². The molecule has 0 fully saturated rings. The first kappa shape index (κ1) is 20.9. The molecule has 8 nitrogen and oxygen atoms in total. The van der Waals surface area contributed by atoms with Gasteiger partial charge < -0.3 is 24.8 Å². The summed E-state index contributed by atoms with van der Waals surface area (Å²) in [4.78, 5) is 21.3. The lowest BCUT2D eigenvalue weighted by Gasteiger charge is -2.11. The Bertz CT molecular complexity index is 1000. The molecule has 1 aromatic heterocycles. The summed E-state index contributed by atoms with van der Waals surface area (Å²) in [6, 6.07) is 12.9. The lowest BCUT2D eigenvalue weighted by molar-refractivity contribution is 0.102. The van der Waals surface area contributed by atoms with E-state index in [9.17, 15) is 4.79 Å². The minimum absolute atomic E-state index is 0.315. The summed E-state index contributed by atoms with van der Waals surface area (Å²) in [7, 11) is 4.73. The van der Waals surface area contributed by atoms with E-state index < -0.39 is 0 Å². The second kappa shape index (κ2) is 9.60. The van der Waals surface area contributed by atoms with Crippen LogP contribution in [-0.2, 0) is 6.54 Å². The molecule has 0 aliphatic carbocycles. The second-order valence-electron chi connectivity index (χ2n) is 6.45. The zero-order valence-corrected chi connectivity index (χ0v) is 17.4. The Morgan fingerprint density at radius 3 is 2.13 bits per heavy atom. The van der Waals surface area contributed by atoms with Gasteiger partial charge in [0.2, 0.25) is 5.95 Å². The predicted octanol–water partition coefficient (Wildman–Crippen LogP) is 3.68. The van der Waals surface area contributed by atoms with Crippen LogP contribution in [0, 0.1) is 6.92 Å². The average Bonchev–Trinajstić information content (AvgIpc) is 2.77.